The van der Waals surface area contributed by atoms with E-state index < -0.39 is 66.2 Å². The Kier molecular flexibility index (Phi) is 9.76. The van der Waals surface area contributed by atoms with Crippen LogP contribution in [-0.4, -0.2) is 78.0 Å². The number of carbonyl (C=O) groups is 5. The van der Waals surface area contributed by atoms with Crippen LogP contribution in [0.4, 0.5) is 0 Å². The third-order valence-corrected chi connectivity index (χ3v) is 7.45. The molecule has 1 aliphatic rings. The zero-order valence-electron chi connectivity index (χ0n) is 25.6. The van der Waals surface area contributed by atoms with Crippen molar-refractivity contribution in [3.63, 3.8) is 0 Å². The van der Waals surface area contributed by atoms with Gasteiger partial charge in [-0.05, 0) is 43.3 Å². The van der Waals surface area contributed by atoms with Crippen molar-refractivity contribution in [1.29, 1.82) is 0 Å². The maximum Gasteiger partial charge on any atom is 0.359 e. The number of methoxy groups -OCH3 is 2. The molecule has 2 heterocycles. The predicted molar refractivity (Wildman–Crippen MR) is 161 cm³/mol. The Labute approximate surface area is 268 Å². The second-order valence-electron chi connectivity index (χ2n) is 10.5. The van der Waals surface area contributed by atoms with Gasteiger partial charge in [-0.1, -0.05) is 54.6 Å². The summed E-state index contributed by atoms with van der Waals surface area (Å²) in [5, 5.41) is 0. The molecule has 0 saturated carbocycles. The molecule has 0 amide bonds. The SMILES string of the molecule is COC(=O)c1ncn([C@@H]2O[C@H](COC(=O)c3ccccc3)[C@@H](OC(=O)c3ccccc3)[C@@]2(C)OC(=O)c2ccccc2)c1C(=O)OC. The Morgan fingerprint density at radius 1 is 0.723 bits per heavy atom. The molecule has 1 aliphatic heterocycles. The maximum absolute atomic E-state index is 13.6. The van der Waals surface area contributed by atoms with Crippen molar-refractivity contribution < 1.29 is 52.4 Å². The topological polar surface area (TPSA) is 159 Å². The largest absolute Gasteiger partial charge is 0.464 e. The lowest BCUT2D eigenvalue weighted by Crippen LogP contribution is -2.50. The van der Waals surface area contributed by atoms with Crippen LogP contribution in [0.1, 0.15) is 65.2 Å². The predicted octanol–water partition coefficient (Wildman–Crippen LogP) is 4.05. The summed E-state index contributed by atoms with van der Waals surface area (Å²) in [5.74, 6) is -4.25. The van der Waals surface area contributed by atoms with E-state index in [0.29, 0.717) is 0 Å². The second-order valence-corrected chi connectivity index (χ2v) is 10.5. The van der Waals surface area contributed by atoms with Crippen LogP contribution in [0.2, 0.25) is 0 Å². The highest BCUT2D eigenvalue weighted by molar-refractivity contribution is 6.00. The van der Waals surface area contributed by atoms with Crippen molar-refractivity contribution in [2.24, 2.45) is 0 Å². The molecule has 13 heteroatoms. The number of aromatic nitrogens is 2. The van der Waals surface area contributed by atoms with Crippen molar-refractivity contribution in [2.75, 3.05) is 20.8 Å². The van der Waals surface area contributed by atoms with Crippen molar-refractivity contribution >= 4 is 29.8 Å². The first-order valence-corrected chi connectivity index (χ1v) is 14.3. The second kappa shape index (κ2) is 14.1. The van der Waals surface area contributed by atoms with E-state index in [2.05, 4.69) is 4.98 Å². The van der Waals surface area contributed by atoms with Gasteiger partial charge in [-0.3, -0.25) is 4.57 Å². The molecule has 0 unspecified atom stereocenters. The summed E-state index contributed by atoms with van der Waals surface area (Å²) in [6, 6.07) is 24.3. The molecule has 13 nitrogen and oxygen atoms in total. The Morgan fingerprint density at radius 3 is 1.77 bits per heavy atom. The standard InChI is InChI=1S/C34H30N2O11/c1-34(47-30(39)23-17-11-6-12-18-23)27(46-29(38)22-15-9-5-10-16-22)24(19-44-28(37)21-13-7-4-8-14-21)45-33(34)36-20-35-25(31(40)42-2)26(36)32(41)43-3/h4-18,20,24,27,33H,19H2,1-3H3/t24-,27-,33-,34-/m1/s1. The van der Waals surface area contributed by atoms with Gasteiger partial charge in [0.05, 0.1) is 37.2 Å². The summed E-state index contributed by atoms with van der Waals surface area (Å²) in [6.45, 7) is 0.959. The van der Waals surface area contributed by atoms with Gasteiger partial charge in [0.15, 0.2) is 29.3 Å². The summed E-state index contributed by atoms with van der Waals surface area (Å²) < 4.78 is 34.8. The lowest BCUT2D eigenvalue weighted by molar-refractivity contribution is -0.110. The number of hydrogen-bond acceptors (Lipinski definition) is 12. The van der Waals surface area contributed by atoms with Gasteiger partial charge < -0.3 is 28.4 Å². The molecular weight excluding hydrogens is 612 g/mol. The van der Waals surface area contributed by atoms with Crippen LogP contribution in [0.25, 0.3) is 0 Å². The molecule has 0 bridgehead atoms. The number of hydrogen-bond donors (Lipinski definition) is 0. The van der Waals surface area contributed by atoms with Crippen LogP contribution in [-0.2, 0) is 28.4 Å². The Hall–Kier alpha value is -5.82. The van der Waals surface area contributed by atoms with E-state index in [0.717, 1.165) is 25.1 Å². The Balaban J connectivity index is 1.61. The average molecular weight is 643 g/mol. The van der Waals surface area contributed by atoms with Crippen molar-refractivity contribution in [2.45, 2.75) is 31.0 Å². The van der Waals surface area contributed by atoms with E-state index in [1.54, 1.807) is 66.7 Å². The zero-order chi connectivity index (χ0) is 33.6. The van der Waals surface area contributed by atoms with Crippen LogP contribution in [0.15, 0.2) is 97.3 Å². The van der Waals surface area contributed by atoms with Crippen LogP contribution < -0.4 is 0 Å². The van der Waals surface area contributed by atoms with Crippen LogP contribution in [0, 0.1) is 0 Å². The van der Waals surface area contributed by atoms with Crippen LogP contribution >= 0.6 is 0 Å². The average Bonchev–Trinajstić information content (AvgIpc) is 3.66. The molecule has 0 aliphatic carbocycles. The van der Waals surface area contributed by atoms with E-state index in [9.17, 15) is 24.0 Å². The quantitative estimate of drug-likeness (QED) is 0.181. The summed E-state index contributed by atoms with van der Waals surface area (Å²) in [6.07, 6.45) is -3.08. The molecule has 0 N–H and O–H groups in total. The van der Waals surface area contributed by atoms with Gasteiger partial charge in [-0.2, -0.15) is 0 Å². The highest BCUT2D eigenvalue weighted by atomic mass is 16.7. The summed E-state index contributed by atoms with van der Waals surface area (Å²) in [4.78, 5) is 69.6. The molecule has 0 radical (unpaired) electrons. The minimum atomic E-state index is -1.93. The van der Waals surface area contributed by atoms with E-state index in [1.165, 1.54) is 31.2 Å². The molecule has 4 aromatic rings. The van der Waals surface area contributed by atoms with Crippen LogP contribution in [0.5, 0.6) is 0 Å². The Bertz CT molecular complexity index is 1760. The molecule has 3 aromatic carbocycles. The monoisotopic (exact) mass is 642 g/mol. The van der Waals surface area contributed by atoms with Gasteiger partial charge in [0.1, 0.15) is 12.7 Å². The summed E-state index contributed by atoms with van der Waals surface area (Å²) in [7, 11) is 2.21. The smallest absolute Gasteiger partial charge is 0.359 e. The first kappa shape index (κ1) is 32.6. The summed E-state index contributed by atoms with van der Waals surface area (Å²) >= 11 is 0. The molecular formula is C34H30N2O11. The molecule has 4 atom stereocenters. The van der Waals surface area contributed by atoms with E-state index in [4.69, 9.17) is 28.4 Å². The number of nitrogens with zero attached hydrogens (tertiary/aromatic N) is 2. The van der Waals surface area contributed by atoms with Crippen LogP contribution in [0.3, 0.4) is 0 Å². The number of imidazole rings is 1. The van der Waals surface area contributed by atoms with Gasteiger partial charge in [-0.25, -0.2) is 29.0 Å². The lowest BCUT2D eigenvalue weighted by atomic mass is 9.95. The van der Waals surface area contributed by atoms with Crippen molar-refractivity contribution in [3.8, 4) is 0 Å². The fourth-order valence-electron chi connectivity index (χ4n) is 5.14. The fraction of sp³-hybridized carbons (Fsp3) is 0.235. The van der Waals surface area contributed by atoms with E-state index >= 15 is 0 Å². The maximum atomic E-state index is 13.6. The van der Waals surface area contributed by atoms with Gasteiger partial charge >= 0.3 is 29.8 Å². The molecule has 242 valence electrons. The van der Waals surface area contributed by atoms with E-state index in [-0.39, 0.29) is 22.4 Å². The Morgan fingerprint density at radius 2 is 1.23 bits per heavy atom. The first-order valence-electron chi connectivity index (χ1n) is 14.3. The normalized spacial score (nSPS) is 20.1. The number of rotatable bonds is 10. The zero-order valence-corrected chi connectivity index (χ0v) is 25.6. The minimum Gasteiger partial charge on any atom is -0.464 e. The molecule has 1 saturated heterocycles. The number of ether oxygens (including phenoxy) is 6. The van der Waals surface area contributed by atoms with Gasteiger partial charge in [0.25, 0.3) is 0 Å². The number of benzene rings is 3. The first-order chi connectivity index (χ1) is 22.7. The molecule has 5 rings (SSSR count). The highest BCUT2D eigenvalue weighted by Gasteiger charge is 2.61. The molecule has 0 spiro atoms. The van der Waals surface area contributed by atoms with Gasteiger partial charge in [-0.15, -0.1) is 0 Å². The summed E-state index contributed by atoms with van der Waals surface area (Å²) in [5.41, 5.74) is -2.13. The number of esters is 5. The third-order valence-electron chi connectivity index (χ3n) is 7.45. The molecule has 1 fully saturated rings. The van der Waals surface area contributed by atoms with Crippen molar-refractivity contribution in [3.05, 3.63) is 125 Å². The van der Waals surface area contributed by atoms with E-state index in [1.807, 2.05) is 0 Å². The molecule has 1 aromatic heterocycles. The molecule has 47 heavy (non-hydrogen) atoms. The lowest BCUT2D eigenvalue weighted by Gasteiger charge is -2.35. The fourth-order valence-corrected chi connectivity index (χ4v) is 5.14. The van der Waals surface area contributed by atoms with Gasteiger partial charge in [0, 0.05) is 0 Å². The van der Waals surface area contributed by atoms with Gasteiger partial charge in [0.2, 0.25) is 0 Å². The minimum absolute atomic E-state index is 0.161. The van der Waals surface area contributed by atoms with Crippen molar-refractivity contribution in [1.82, 2.24) is 9.55 Å². The number of carbonyl (C=O) groups excluding carboxylic acids is 5. The highest BCUT2D eigenvalue weighted by Crippen LogP contribution is 2.45. The third kappa shape index (κ3) is 6.75.